The van der Waals surface area contributed by atoms with E-state index in [-0.39, 0.29) is 12.0 Å². The van der Waals surface area contributed by atoms with Crippen molar-refractivity contribution in [2.75, 3.05) is 0 Å². The van der Waals surface area contributed by atoms with E-state index in [9.17, 15) is 18.3 Å². The molecule has 0 bridgehead atoms. The number of hydrogen-bond donors (Lipinski definition) is 1. The van der Waals surface area contributed by atoms with E-state index in [0.717, 1.165) is 12.1 Å². The van der Waals surface area contributed by atoms with E-state index in [0.29, 0.717) is 0 Å². The van der Waals surface area contributed by atoms with E-state index < -0.39 is 17.3 Å². The van der Waals surface area contributed by atoms with Crippen molar-refractivity contribution in [3.8, 4) is 12.3 Å². The molecule has 16 heavy (non-hydrogen) atoms. The first kappa shape index (κ1) is 12.6. The summed E-state index contributed by atoms with van der Waals surface area (Å²) in [6.45, 7) is 1.39. The summed E-state index contributed by atoms with van der Waals surface area (Å²) in [6.07, 6.45) is 0.596. The minimum atomic E-state index is -4.41. The monoisotopic (exact) mass is 228 g/mol. The molecule has 0 aliphatic heterocycles. The quantitative estimate of drug-likeness (QED) is 0.771. The molecule has 0 saturated carbocycles. The van der Waals surface area contributed by atoms with Gasteiger partial charge in [-0.15, -0.1) is 12.3 Å². The molecule has 0 amide bonds. The summed E-state index contributed by atoms with van der Waals surface area (Å²) in [6, 6.07) is 4.54. The van der Waals surface area contributed by atoms with Crippen molar-refractivity contribution in [1.82, 2.24) is 0 Å². The maximum atomic E-state index is 12.4. The zero-order chi connectivity index (χ0) is 12.4. The zero-order valence-electron chi connectivity index (χ0n) is 8.67. The van der Waals surface area contributed by atoms with Crippen molar-refractivity contribution in [3.63, 3.8) is 0 Å². The molecule has 1 nitrogen and oxygen atoms in total. The van der Waals surface area contributed by atoms with Gasteiger partial charge < -0.3 is 5.11 Å². The van der Waals surface area contributed by atoms with Gasteiger partial charge in [0.15, 0.2) is 0 Å². The van der Waals surface area contributed by atoms with E-state index >= 15 is 0 Å². The molecule has 1 unspecified atom stereocenters. The van der Waals surface area contributed by atoms with Crippen LogP contribution in [-0.2, 0) is 11.8 Å². The van der Waals surface area contributed by atoms with Gasteiger partial charge in [-0.3, -0.25) is 0 Å². The largest absolute Gasteiger partial charge is 0.416 e. The van der Waals surface area contributed by atoms with Crippen molar-refractivity contribution in [1.29, 1.82) is 0 Å². The summed E-state index contributed by atoms with van der Waals surface area (Å²) in [5, 5.41) is 9.87. The van der Waals surface area contributed by atoms with Gasteiger partial charge in [0.1, 0.15) is 0 Å². The van der Waals surface area contributed by atoms with Gasteiger partial charge in [-0.1, -0.05) is 12.1 Å². The lowest BCUT2D eigenvalue weighted by molar-refractivity contribution is -0.137. The third-order valence-electron chi connectivity index (χ3n) is 2.26. The fourth-order valence-corrected chi connectivity index (χ4v) is 1.33. The highest BCUT2D eigenvalue weighted by Crippen LogP contribution is 2.32. The Labute approximate surface area is 91.9 Å². The van der Waals surface area contributed by atoms with Crippen molar-refractivity contribution >= 4 is 0 Å². The molecule has 0 aliphatic rings. The predicted octanol–water partition coefficient (Wildman–Crippen LogP) is 2.94. The topological polar surface area (TPSA) is 20.2 Å². The van der Waals surface area contributed by atoms with Gasteiger partial charge in [0.05, 0.1) is 11.2 Å². The van der Waals surface area contributed by atoms with Crippen LogP contribution in [0.3, 0.4) is 0 Å². The Kier molecular flexibility index (Phi) is 3.30. The molecule has 0 heterocycles. The molecular formula is C12H11F3O. The smallest absolute Gasteiger partial charge is 0.384 e. The average Bonchev–Trinajstić information content (AvgIpc) is 2.16. The summed E-state index contributed by atoms with van der Waals surface area (Å²) >= 11 is 0. The second-order valence-electron chi connectivity index (χ2n) is 3.73. The summed E-state index contributed by atoms with van der Waals surface area (Å²) in [7, 11) is 0. The summed E-state index contributed by atoms with van der Waals surface area (Å²) in [5.41, 5.74) is -2.06. The maximum Gasteiger partial charge on any atom is 0.416 e. The molecule has 86 valence electrons. The van der Waals surface area contributed by atoms with Crippen LogP contribution >= 0.6 is 0 Å². The SMILES string of the molecule is C#CCC(C)(O)c1cccc(C(F)(F)F)c1. The molecule has 1 aromatic carbocycles. The lowest BCUT2D eigenvalue weighted by atomic mass is 9.91. The Bertz CT molecular complexity index is 413. The highest BCUT2D eigenvalue weighted by atomic mass is 19.4. The van der Waals surface area contributed by atoms with E-state index in [4.69, 9.17) is 6.42 Å². The van der Waals surface area contributed by atoms with Crippen LogP contribution in [0.4, 0.5) is 13.2 Å². The van der Waals surface area contributed by atoms with Gasteiger partial charge in [0.2, 0.25) is 0 Å². The highest BCUT2D eigenvalue weighted by Gasteiger charge is 2.32. The number of halogens is 3. The first-order chi connectivity index (χ1) is 7.27. The molecule has 0 aliphatic carbocycles. The van der Waals surface area contributed by atoms with Gasteiger partial charge in [-0.25, -0.2) is 0 Å². The number of hydrogen-bond acceptors (Lipinski definition) is 1. The predicted molar refractivity (Wildman–Crippen MR) is 54.5 cm³/mol. The van der Waals surface area contributed by atoms with Crippen LogP contribution < -0.4 is 0 Å². The van der Waals surface area contributed by atoms with Gasteiger partial charge >= 0.3 is 6.18 Å². The van der Waals surface area contributed by atoms with Crippen LogP contribution in [0.5, 0.6) is 0 Å². The van der Waals surface area contributed by atoms with Crippen molar-refractivity contribution in [2.45, 2.75) is 25.1 Å². The van der Waals surface area contributed by atoms with Crippen molar-refractivity contribution < 1.29 is 18.3 Å². The first-order valence-electron chi connectivity index (χ1n) is 4.61. The highest BCUT2D eigenvalue weighted by molar-refractivity contribution is 5.30. The van der Waals surface area contributed by atoms with Crippen LogP contribution in [0.15, 0.2) is 24.3 Å². The Hall–Kier alpha value is -1.47. The molecule has 0 fully saturated rings. The third-order valence-corrected chi connectivity index (χ3v) is 2.26. The van der Waals surface area contributed by atoms with Crippen molar-refractivity contribution in [3.05, 3.63) is 35.4 Å². The van der Waals surface area contributed by atoms with Crippen molar-refractivity contribution in [2.24, 2.45) is 0 Å². The van der Waals surface area contributed by atoms with E-state index in [2.05, 4.69) is 5.92 Å². The lowest BCUT2D eigenvalue weighted by Gasteiger charge is -2.22. The van der Waals surface area contributed by atoms with E-state index in [1.54, 1.807) is 0 Å². The lowest BCUT2D eigenvalue weighted by Crippen LogP contribution is -2.21. The number of alkyl halides is 3. The van der Waals surface area contributed by atoms with Gasteiger partial charge in [-0.05, 0) is 24.6 Å². The van der Waals surface area contributed by atoms with Crippen LogP contribution in [0.2, 0.25) is 0 Å². The Morgan fingerprint density at radius 3 is 2.38 bits per heavy atom. The summed E-state index contributed by atoms with van der Waals surface area (Å²) in [5.74, 6) is 2.23. The molecule has 0 spiro atoms. The molecule has 1 aromatic rings. The standard InChI is InChI=1S/C12H11F3O/c1-3-7-11(2,16)9-5-4-6-10(8-9)12(13,14)15/h1,4-6,8,16H,7H2,2H3. The number of benzene rings is 1. The Morgan fingerprint density at radius 2 is 1.88 bits per heavy atom. The minimum absolute atomic E-state index is 0.0334. The number of aliphatic hydroxyl groups is 1. The fourth-order valence-electron chi connectivity index (χ4n) is 1.33. The molecule has 1 N–H and O–H groups in total. The van der Waals surface area contributed by atoms with Crippen LogP contribution in [0, 0.1) is 12.3 Å². The van der Waals surface area contributed by atoms with Crippen LogP contribution in [0.25, 0.3) is 0 Å². The van der Waals surface area contributed by atoms with Gasteiger partial charge in [-0.2, -0.15) is 13.2 Å². The molecule has 0 aromatic heterocycles. The van der Waals surface area contributed by atoms with Crippen LogP contribution in [0.1, 0.15) is 24.5 Å². The molecule has 1 atom stereocenters. The molecular weight excluding hydrogens is 217 g/mol. The van der Waals surface area contributed by atoms with Gasteiger partial charge in [0.25, 0.3) is 0 Å². The minimum Gasteiger partial charge on any atom is -0.384 e. The average molecular weight is 228 g/mol. The fraction of sp³-hybridized carbons (Fsp3) is 0.333. The second-order valence-corrected chi connectivity index (χ2v) is 3.73. The first-order valence-corrected chi connectivity index (χ1v) is 4.61. The molecule has 0 radical (unpaired) electrons. The molecule has 4 heteroatoms. The number of terminal acetylenes is 1. The summed E-state index contributed by atoms with van der Waals surface area (Å²) in [4.78, 5) is 0. The van der Waals surface area contributed by atoms with Crippen LogP contribution in [-0.4, -0.2) is 5.11 Å². The van der Waals surface area contributed by atoms with E-state index in [1.165, 1.54) is 19.1 Å². The Morgan fingerprint density at radius 1 is 1.31 bits per heavy atom. The number of rotatable bonds is 2. The normalized spacial score (nSPS) is 15.2. The molecule has 0 saturated heterocycles. The summed E-state index contributed by atoms with van der Waals surface area (Å²) < 4.78 is 37.3. The Balaban J connectivity index is 3.14. The zero-order valence-corrected chi connectivity index (χ0v) is 8.67. The maximum absolute atomic E-state index is 12.4. The second kappa shape index (κ2) is 4.18. The van der Waals surface area contributed by atoms with Gasteiger partial charge in [0, 0.05) is 6.42 Å². The third kappa shape index (κ3) is 2.77. The molecule has 1 rings (SSSR count). The van der Waals surface area contributed by atoms with E-state index in [1.807, 2.05) is 0 Å².